The molecule has 0 atom stereocenters. The van der Waals surface area contributed by atoms with E-state index in [9.17, 15) is 9.59 Å². The maximum Gasteiger partial charge on any atom is 0.242 e. The van der Waals surface area contributed by atoms with Crippen molar-refractivity contribution in [1.82, 2.24) is 9.80 Å². The van der Waals surface area contributed by atoms with Gasteiger partial charge in [0.2, 0.25) is 18.6 Å². The van der Waals surface area contributed by atoms with Gasteiger partial charge in [-0.15, -0.1) is 11.3 Å². The predicted molar refractivity (Wildman–Crippen MR) is 142 cm³/mol. The third-order valence-electron chi connectivity index (χ3n) is 6.33. The van der Waals surface area contributed by atoms with Crippen LogP contribution in [0.2, 0.25) is 0 Å². The Balaban J connectivity index is 1.60. The number of nitrogens with zero attached hydrogens (tertiary/aromatic N) is 2. The van der Waals surface area contributed by atoms with Crippen LogP contribution in [0.1, 0.15) is 68.7 Å². The van der Waals surface area contributed by atoms with Crippen molar-refractivity contribution in [3.05, 3.63) is 46.2 Å². The van der Waals surface area contributed by atoms with Crippen LogP contribution in [0.5, 0.6) is 11.5 Å². The number of rotatable bonds is 17. The fraction of sp³-hybridized carbons (Fsp3) is 0.571. The second-order valence-electron chi connectivity index (χ2n) is 9.20. The van der Waals surface area contributed by atoms with Gasteiger partial charge in [-0.2, -0.15) is 0 Å². The van der Waals surface area contributed by atoms with Gasteiger partial charge in [-0.1, -0.05) is 57.6 Å². The van der Waals surface area contributed by atoms with Gasteiger partial charge in [0.05, 0.1) is 19.7 Å². The Morgan fingerprint density at radius 2 is 1.72 bits per heavy atom. The highest BCUT2D eigenvalue weighted by Gasteiger charge is 2.23. The molecular weight excluding hydrogens is 476 g/mol. The Bertz CT molecular complexity index is 934. The molecule has 3 rings (SSSR count). The molecule has 0 saturated carbocycles. The molecule has 198 valence electrons. The van der Waals surface area contributed by atoms with Crippen LogP contribution >= 0.6 is 11.3 Å². The number of carbonyl (C=O) groups excluding carboxylic acids is 2. The van der Waals surface area contributed by atoms with Crippen molar-refractivity contribution in [2.75, 3.05) is 33.6 Å². The number of hydrogen-bond acceptors (Lipinski definition) is 6. The minimum absolute atomic E-state index is 0.0214. The summed E-state index contributed by atoms with van der Waals surface area (Å²) in [6, 6.07) is 9.77. The van der Waals surface area contributed by atoms with Crippen molar-refractivity contribution in [3.63, 3.8) is 0 Å². The minimum atomic E-state index is -0.0786. The van der Waals surface area contributed by atoms with Crippen molar-refractivity contribution in [2.24, 2.45) is 0 Å². The topological polar surface area (TPSA) is 68.3 Å². The normalized spacial score (nSPS) is 12.1. The van der Waals surface area contributed by atoms with Crippen LogP contribution in [0, 0.1) is 0 Å². The Kier molecular flexibility index (Phi) is 12.1. The van der Waals surface area contributed by atoms with Gasteiger partial charge < -0.3 is 24.0 Å². The number of fused-ring (bicyclic) bond motifs is 1. The fourth-order valence-corrected chi connectivity index (χ4v) is 4.95. The number of carbonyl (C=O) groups is 2. The molecule has 0 fully saturated rings. The Morgan fingerprint density at radius 1 is 0.944 bits per heavy atom. The Morgan fingerprint density at radius 3 is 2.47 bits per heavy atom. The number of benzene rings is 1. The van der Waals surface area contributed by atoms with Gasteiger partial charge in [0.25, 0.3) is 0 Å². The summed E-state index contributed by atoms with van der Waals surface area (Å²) < 4.78 is 16.2. The lowest BCUT2D eigenvalue weighted by Gasteiger charge is -2.28. The van der Waals surface area contributed by atoms with Crippen LogP contribution in [0.25, 0.3) is 0 Å². The van der Waals surface area contributed by atoms with E-state index in [1.54, 1.807) is 23.3 Å². The van der Waals surface area contributed by atoms with Crippen LogP contribution < -0.4 is 9.47 Å². The molecule has 1 aromatic carbocycles. The molecule has 8 heteroatoms. The molecule has 2 heterocycles. The molecule has 0 bridgehead atoms. The minimum Gasteiger partial charge on any atom is -0.454 e. The van der Waals surface area contributed by atoms with Gasteiger partial charge in [0.15, 0.2) is 11.5 Å². The van der Waals surface area contributed by atoms with E-state index >= 15 is 0 Å². The lowest BCUT2D eigenvalue weighted by molar-refractivity contribution is -0.141. The molecule has 0 spiro atoms. The van der Waals surface area contributed by atoms with E-state index < -0.39 is 0 Å². The van der Waals surface area contributed by atoms with Gasteiger partial charge in [-0.3, -0.25) is 9.59 Å². The van der Waals surface area contributed by atoms with Gasteiger partial charge in [-0.05, 0) is 35.6 Å². The molecule has 0 unspecified atom stereocenters. The fourth-order valence-electron chi connectivity index (χ4n) is 4.23. The molecule has 0 saturated heterocycles. The smallest absolute Gasteiger partial charge is 0.242 e. The Labute approximate surface area is 219 Å². The monoisotopic (exact) mass is 516 g/mol. The van der Waals surface area contributed by atoms with E-state index in [1.165, 1.54) is 25.7 Å². The first kappa shape index (κ1) is 28.0. The van der Waals surface area contributed by atoms with E-state index in [4.69, 9.17) is 14.2 Å². The molecule has 0 radical (unpaired) electrons. The highest BCUT2D eigenvalue weighted by Crippen LogP contribution is 2.33. The molecule has 1 aromatic heterocycles. The largest absolute Gasteiger partial charge is 0.454 e. The first-order valence-corrected chi connectivity index (χ1v) is 13.9. The SMILES string of the molecule is CCCCCCCCCC(=O)N(CCOC)CC(=O)N(Cc1ccc2c(c1)OCO2)Cc1cccs1. The molecule has 1 aliphatic rings. The summed E-state index contributed by atoms with van der Waals surface area (Å²) in [6.45, 7) is 4.22. The van der Waals surface area contributed by atoms with Gasteiger partial charge in [0, 0.05) is 31.5 Å². The maximum atomic E-state index is 13.5. The summed E-state index contributed by atoms with van der Waals surface area (Å²) >= 11 is 1.62. The van der Waals surface area contributed by atoms with Crippen molar-refractivity contribution in [3.8, 4) is 11.5 Å². The van der Waals surface area contributed by atoms with E-state index in [0.717, 1.165) is 35.5 Å². The second kappa shape index (κ2) is 15.5. The predicted octanol–water partition coefficient (Wildman–Crippen LogP) is 5.62. The van der Waals surface area contributed by atoms with Gasteiger partial charge in [-0.25, -0.2) is 0 Å². The summed E-state index contributed by atoms with van der Waals surface area (Å²) in [5, 5.41) is 2.01. The molecule has 1 aliphatic heterocycles. The lowest BCUT2D eigenvalue weighted by atomic mass is 10.1. The summed E-state index contributed by atoms with van der Waals surface area (Å²) in [4.78, 5) is 31.1. The van der Waals surface area contributed by atoms with Crippen molar-refractivity contribution in [1.29, 1.82) is 0 Å². The zero-order valence-corrected chi connectivity index (χ0v) is 22.5. The van der Waals surface area contributed by atoms with Gasteiger partial charge in [0.1, 0.15) is 0 Å². The van der Waals surface area contributed by atoms with Crippen LogP contribution in [0.3, 0.4) is 0 Å². The van der Waals surface area contributed by atoms with Crippen LogP contribution in [-0.4, -0.2) is 55.2 Å². The highest BCUT2D eigenvalue weighted by molar-refractivity contribution is 7.09. The average Bonchev–Trinajstić information content (AvgIpc) is 3.57. The zero-order valence-electron chi connectivity index (χ0n) is 21.7. The number of thiophene rings is 1. The summed E-state index contributed by atoms with van der Waals surface area (Å²) in [5.41, 5.74) is 0.960. The summed E-state index contributed by atoms with van der Waals surface area (Å²) in [7, 11) is 1.61. The molecule has 0 aliphatic carbocycles. The standard InChI is InChI=1S/C28H40N2O5S/c1-3-4-5-6-7-8-9-12-27(31)29(15-16-33-2)21-28(32)30(20-24-11-10-17-36-24)19-23-13-14-25-26(18-23)35-22-34-25/h10-11,13-14,17-18H,3-9,12,15-16,19-22H2,1-2H3. The summed E-state index contributed by atoms with van der Waals surface area (Å²) in [5.74, 6) is 1.36. The van der Waals surface area contributed by atoms with Crippen molar-refractivity contribution >= 4 is 23.2 Å². The second-order valence-corrected chi connectivity index (χ2v) is 10.2. The molecule has 7 nitrogen and oxygen atoms in total. The van der Waals surface area contributed by atoms with Crippen molar-refractivity contribution < 1.29 is 23.8 Å². The zero-order chi connectivity index (χ0) is 25.6. The number of methoxy groups -OCH3 is 1. The molecule has 0 N–H and O–H groups in total. The first-order chi connectivity index (χ1) is 17.6. The number of ether oxygens (including phenoxy) is 3. The van der Waals surface area contributed by atoms with Crippen LogP contribution in [0.15, 0.2) is 35.7 Å². The number of amides is 2. The Hall–Kier alpha value is -2.58. The van der Waals surface area contributed by atoms with Crippen LogP contribution in [-0.2, 0) is 27.4 Å². The van der Waals surface area contributed by atoms with Gasteiger partial charge >= 0.3 is 0 Å². The number of hydrogen-bond donors (Lipinski definition) is 0. The van der Waals surface area contributed by atoms with Crippen LogP contribution in [0.4, 0.5) is 0 Å². The molecule has 2 aromatic rings. The third-order valence-corrected chi connectivity index (χ3v) is 7.19. The highest BCUT2D eigenvalue weighted by atomic mass is 32.1. The maximum absolute atomic E-state index is 13.5. The number of unbranched alkanes of at least 4 members (excludes halogenated alkanes) is 6. The quantitative estimate of drug-likeness (QED) is 0.255. The summed E-state index contributed by atoms with van der Waals surface area (Å²) in [6.07, 6.45) is 8.55. The lowest BCUT2D eigenvalue weighted by Crippen LogP contribution is -2.43. The van der Waals surface area contributed by atoms with Crippen molar-refractivity contribution in [2.45, 2.75) is 71.4 Å². The van der Waals surface area contributed by atoms with E-state index in [-0.39, 0.29) is 25.2 Å². The molecular formula is C28H40N2O5S. The molecule has 2 amide bonds. The van der Waals surface area contributed by atoms with E-state index in [1.807, 2.05) is 40.6 Å². The first-order valence-electron chi connectivity index (χ1n) is 13.1. The molecule has 36 heavy (non-hydrogen) atoms. The third kappa shape index (κ3) is 9.13. The average molecular weight is 517 g/mol. The van der Waals surface area contributed by atoms with E-state index in [0.29, 0.717) is 38.4 Å². The van der Waals surface area contributed by atoms with E-state index in [2.05, 4.69) is 6.92 Å².